The summed E-state index contributed by atoms with van der Waals surface area (Å²) in [6.07, 6.45) is 8.57. The molecule has 2 aliphatic rings. The standard InChI is InChI=1S/C23H29FN4O/c1-15(2)27(3)23(29)19-12-17(24)4-5-21(19)28-14-20(16-6-9-25-10-7-16)18-8-11-26-13-22(18)28/h4-5,8,12-16,25-26H,6-7,9-11H2,1-3H3. The van der Waals surface area contributed by atoms with E-state index >= 15 is 0 Å². The quantitative estimate of drug-likeness (QED) is 0.827. The van der Waals surface area contributed by atoms with Gasteiger partial charge >= 0.3 is 0 Å². The average molecular weight is 397 g/mol. The maximum atomic E-state index is 14.1. The number of nitrogens with zero attached hydrogens (tertiary/aromatic N) is 2. The highest BCUT2D eigenvalue weighted by Gasteiger charge is 2.23. The summed E-state index contributed by atoms with van der Waals surface area (Å²) in [5.41, 5.74) is 2.42. The van der Waals surface area contributed by atoms with Crippen LogP contribution in [-0.4, -0.2) is 48.1 Å². The van der Waals surface area contributed by atoms with Crippen molar-refractivity contribution in [1.29, 1.82) is 0 Å². The van der Waals surface area contributed by atoms with Crippen molar-refractivity contribution in [1.82, 2.24) is 20.1 Å². The molecule has 1 saturated heterocycles. The Morgan fingerprint density at radius 2 is 2.03 bits per heavy atom. The molecule has 4 rings (SSSR count). The molecule has 0 bridgehead atoms. The van der Waals surface area contributed by atoms with E-state index in [-0.39, 0.29) is 11.9 Å². The summed E-state index contributed by atoms with van der Waals surface area (Å²) in [6.45, 7) is 6.74. The minimum atomic E-state index is -0.400. The van der Waals surface area contributed by atoms with Gasteiger partial charge in [-0.1, -0.05) is 6.08 Å². The topological polar surface area (TPSA) is 49.3 Å². The summed E-state index contributed by atoms with van der Waals surface area (Å²) in [7, 11) is 1.76. The molecule has 0 atom stereocenters. The zero-order valence-electron chi connectivity index (χ0n) is 17.3. The molecule has 154 valence electrons. The molecule has 0 saturated carbocycles. The van der Waals surface area contributed by atoms with Crippen molar-refractivity contribution >= 4 is 18.2 Å². The normalized spacial score (nSPS) is 16.6. The first-order chi connectivity index (χ1) is 14.0. The Kier molecular flexibility index (Phi) is 5.46. The van der Waals surface area contributed by atoms with Gasteiger partial charge in [-0.2, -0.15) is 0 Å². The number of nitrogens with one attached hydrogen (secondary N) is 2. The lowest BCUT2D eigenvalue weighted by atomic mass is 9.91. The minimum Gasteiger partial charge on any atom is -0.386 e. The number of carbonyl (C=O) groups is 1. The van der Waals surface area contributed by atoms with E-state index in [4.69, 9.17) is 0 Å². The van der Waals surface area contributed by atoms with Gasteiger partial charge in [-0.05, 0) is 69.5 Å². The molecule has 0 spiro atoms. The van der Waals surface area contributed by atoms with Gasteiger partial charge < -0.3 is 20.1 Å². The van der Waals surface area contributed by atoms with Gasteiger partial charge in [-0.25, -0.2) is 4.39 Å². The van der Waals surface area contributed by atoms with Crippen LogP contribution in [-0.2, 0) is 0 Å². The predicted molar refractivity (Wildman–Crippen MR) is 114 cm³/mol. The van der Waals surface area contributed by atoms with Gasteiger partial charge in [-0.15, -0.1) is 0 Å². The van der Waals surface area contributed by atoms with E-state index in [2.05, 4.69) is 27.5 Å². The van der Waals surface area contributed by atoms with Crippen LogP contribution in [0.15, 0.2) is 24.4 Å². The molecule has 5 nitrogen and oxygen atoms in total. The number of halogens is 1. The second kappa shape index (κ2) is 8.03. The highest BCUT2D eigenvalue weighted by atomic mass is 19.1. The highest BCUT2D eigenvalue weighted by molar-refractivity contribution is 5.97. The zero-order valence-corrected chi connectivity index (χ0v) is 17.3. The molecule has 2 aliphatic heterocycles. The number of benzene rings is 1. The van der Waals surface area contributed by atoms with E-state index in [1.54, 1.807) is 18.0 Å². The smallest absolute Gasteiger partial charge is 0.256 e. The Bertz CT molecular complexity index is 1030. The maximum absolute atomic E-state index is 14.1. The molecule has 3 heterocycles. The Hall–Kier alpha value is -2.60. The second-order valence-electron chi connectivity index (χ2n) is 8.21. The Balaban J connectivity index is 1.88. The Labute approximate surface area is 170 Å². The fourth-order valence-corrected chi connectivity index (χ4v) is 4.21. The number of piperidine rings is 1. The van der Waals surface area contributed by atoms with Gasteiger partial charge in [0.2, 0.25) is 0 Å². The van der Waals surface area contributed by atoms with E-state index in [9.17, 15) is 9.18 Å². The van der Waals surface area contributed by atoms with Crippen LogP contribution in [0.1, 0.15) is 48.5 Å². The fraction of sp³-hybridized carbons (Fsp3) is 0.435. The van der Waals surface area contributed by atoms with Crippen LogP contribution >= 0.6 is 0 Å². The maximum Gasteiger partial charge on any atom is 0.256 e. The first kappa shape index (κ1) is 19.7. The Morgan fingerprint density at radius 1 is 1.28 bits per heavy atom. The van der Waals surface area contributed by atoms with Crippen LogP contribution < -0.4 is 21.2 Å². The molecule has 6 heteroatoms. The summed E-state index contributed by atoms with van der Waals surface area (Å²) >= 11 is 0. The molecule has 1 aromatic heterocycles. The predicted octanol–water partition coefficient (Wildman–Crippen LogP) is 1.69. The third-order valence-corrected chi connectivity index (χ3v) is 6.10. The van der Waals surface area contributed by atoms with E-state index in [0.29, 0.717) is 17.2 Å². The second-order valence-corrected chi connectivity index (χ2v) is 8.21. The lowest BCUT2D eigenvalue weighted by molar-refractivity contribution is 0.0754. The molecular formula is C23H29FN4O. The molecule has 2 N–H and O–H groups in total. The highest BCUT2D eigenvalue weighted by Crippen LogP contribution is 2.24. The average Bonchev–Trinajstić information content (AvgIpc) is 3.13. The number of aromatic nitrogens is 1. The van der Waals surface area contributed by atoms with Crippen LogP contribution in [0, 0.1) is 5.82 Å². The van der Waals surface area contributed by atoms with Crippen molar-refractivity contribution in [2.45, 2.75) is 38.6 Å². The van der Waals surface area contributed by atoms with E-state index in [0.717, 1.165) is 37.8 Å². The van der Waals surface area contributed by atoms with Crippen molar-refractivity contribution in [3.8, 4) is 5.69 Å². The summed E-state index contributed by atoms with van der Waals surface area (Å²) in [5, 5.41) is 8.97. The monoisotopic (exact) mass is 396 g/mol. The zero-order chi connectivity index (χ0) is 20.5. The summed E-state index contributed by atoms with van der Waals surface area (Å²) in [6, 6.07) is 4.53. The first-order valence-electron chi connectivity index (χ1n) is 10.4. The lowest BCUT2D eigenvalue weighted by Crippen LogP contribution is -2.39. The SMILES string of the molecule is CC(C)N(C)C(=O)c1cc(F)ccc1-n1cc(C2CCNCC2)c2c1=CNCC=2. The summed E-state index contributed by atoms with van der Waals surface area (Å²) in [4.78, 5) is 14.8. The van der Waals surface area contributed by atoms with Gasteiger partial charge in [0.05, 0.1) is 16.6 Å². The van der Waals surface area contributed by atoms with E-state index in [1.165, 1.54) is 22.9 Å². The lowest BCUT2D eigenvalue weighted by Gasteiger charge is -2.23. The molecule has 0 radical (unpaired) electrons. The minimum absolute atomic E-state index is 0.0315. The number of amides is 1. The molecule has 2 aromatic rings. The van der Waals surface area contributed by atoms with Crippen molar-refractivity contribution in [3.63, 3.8) is 0 Å². The van der Waals surface area contributed by atoms with Gasteiger partial charge in [-0.3, -0.25) is 4.79 Å². The third-order valence-electron chi connectivity index (χ3n) is 6.10. The van der Waals surface area contributed by atoms with Crippen LogP contribution in [0.25, 0.3) is 18.0 Å². The van der Waals surface area contributed by atoms with Gasteiger partial charge in [0, 0.05) is 37.2 Å². The molecule has 29 heavy (non-hydrogen) atoms. The van der Waals surface area contributed by atoms with Gasteiger partial charge in [0.15, 0.2) is 0 Å². The fourth-order valence-electron chi connectivity index (χ4n) is 4.21. The van der Waals surface area contributed by atoms with Crippen molar-refractivity contribution in [2.75, 3.05) is 26.7 Å². The summed E-state index contributed by atoms with van der Waals surface area (Å²) < 4.78 is 16.2. The number of hydrogen-bond donors (Lipinski definition) is 2. The van der Waals surface area contributed by atoms with Gasteiger partial charge in [0.1, 0.15) is 5.82 Å². The molecule has 1 amide bonds. The molecule has 0 unspecified atom stereocenters. The molecular weight excluding hydrogens is 367 g/mol. The number of carbonyl (C=O) groups excluding carboxylic acids is 1. The number of rotatable bonds is 4. The molecule has 1 aromatic carbocycles. The number of hydrogen-bond acceptors (Lipinski definition) is 3. The van der Waals surface area contributed by atoms with Crippen molar-refractivity contribution in [3.05, 3.63) is 51.9 Å². The van der Waals surface area contributed by atoms with Crippen LogP contribution in [0.5, 0.6) is 0 Å². The van der Waals surface area contributed by atoms with Crippen LogP contribution in [0.3, 0.4) is 0 Å². The third kappa shape index (κ3) is 3.69. The molecule has 0 aliphatic carbocycles. The summed E-state index contributed by atoms with van der Waals surface area (Å²) in [5.74, 6) is -0.0809. The van der Waals surface area contributed by atoms with Crippen molar-refractivity contribution in [2.24, 2.45) is 0 Å². The number of fused-ring (bicyclic) bond motifs is 1. The first-order valence-corrected chi connectivity index (χ1v) is 10.4. The van der Waals surface area contributed by atoms with Crippen LogP contribution in [0.4, 0.5) is 4.39 Å². The largest absolute Gasteiger partial charge is 0.386 e. The van der Waals surface area contributed by atoms with Crippen molar-refractivity contribution < 1.29 is 9.18 Å². The van der Waals surface area contributed by atoms with E-state index < -0.39 is 5.82 Å². The van der Waals surface area contributed by atoms with Crippen LogP contribution in [0.2, 0.25) is 0 Å². The van der Waals surface area contributed by atoms with Gasteiger partial charge in [0.25, 0.3) is 5.91 Å². The molecule has 1 fully saturated rings. The Morgan fingerprint density at radius 3 is 2.76 bits per heavy atom. The van der Waals surface area contributed by atoms with E-state index in [1.807, 2.05) is 20.0 Å².